The van der Waals surface area contributed by atoms with E-state index in [1.807, 2.05) is 46.9 Å². The van der Waals surface area contributed by atoms with E-state index in [4.69, 9.17) is 4.74 Å². The maximum absolute atomic E-state index is 9.75. The maximum Gasteiger partial charge on any atom is 0.119 e. The Balaban J connectivity index is 2.53. The molecule has 0 spiro atoms. The summed E-state index contributed by atoms with van der Waals surface area (Å²) in [6.07, 6.45) is 0.203. The zero-order valence-corrected chi connectivity index (χ0v) is 12.1. The lowest BCUT2D eigenvalue weighted by Crippen LogP contribution is -2.35. The number of ether oxygens (including phenoxy) is 1. The molecule has 0 aliphatic heterocycles. The van der Waals surface area contributed by atoms with Gasteiger partial charge in [-0.2, -0.15) is 0 Å². The van der Waals surface area contributed by atoms with Crippen LogP contribution >= 0.6 is 0 Å². The van der Waals surface area contributed by atoms with E-state index in [0.29, 0.717) is 6.54 Å². The summed E-state index contributed by atoms with van der Waals surface area (Å²) >= 11 is 0. The molecule has 0 fully saturated rings. The van der Waals surface area contributed by atoms with Crippen molar-refractivity contribution >= 4 is 0 Å². The smallest absolute Gasteiger partial charge is 0.119 e. The quantitative estimate of drug-likeness (QED) is 0.843. The Morgan fingerprint density at radius 2 is 1.78 bits per heavy atom. The minimum atomic E-state index is -0.657. The summed E-state index contributed by atoms with van der Waals surface area (Å²) in [6, 6.07) is 8.12. The van der Waals surface area contributed by atoms with Crippen molar-refractivity contribution in [3.63, 3.8) is 0 Å². The number of hydrogen-bond acceptors (Lipinski definition) is 3. The highest BCUT2D eigenvalue weighted by Crippen LogP contribution is 2.15. The predicted molar refractivity (Wildman–Crippen MR) is 74.8 cm³/mol. The van der Waals surface area contributed by atoms with Gasteiger partial charge >= 0.3 is 0 Å². The molecule has 0 aromatic heterocycles. The lowest BCUT2D eigenvalue weighted by atomic mass is 10.1. The van der Waals surface area contributed by atoms with Gasteiger partial charge in [0.05, 0.1) is 11.7 Å². The Bertz CT molecular complexity index is 352. The van der Waals surface area contributed by atoms with Crippen LogP contribution in [0, 0.1) is 0 Å². The number of nitrogens with zero attached hydrogens (tertiary/aromatic N) is 1. The molecule has 0 radical (unpaired) electrons. The van der Waals surface area contributed by atoms with Crippen molar-refractivity contribution < 1.29 is 9.84 Å². The predicted octanol–water partition coefficient (Wildman–Crippen LogP) is 2.68. The Hall–Kier alpha value is -1.06. The van der Waals surface area contributed by atoms with Gasteiger partial charge in [-0.15, -0.1) is 0 Å². The third kappa shape index (κ3) is 6.03. The van der Waals surface area contributed by atoms with Crippen molar-refractivity contribution in [3.8, 4) is 5.75 Å². The van der Waals surface area contributed by atoms with Gasteiger partial charge in [0, 0.05) is 13.1 Å². The molecule has 1 rings (SSSR count). The van der Waals surface area contributed by atoms with Crippen molar-refractivity contribution in [2.45, 2.75) is 45.9 Å². The summed E-state index contributed by atoms with van der Waals surface area (Å²) in [5.41, 5.74) is 0.563. The number of rotatable bonds is 6. The second-order valence-corrected chi connectivity index (χ2v) is 5.80. The van der Waals surface area contributed by atoms with Crippen LogP contribution in [-0.2, 0) is 6.54 Å². The van der Waals surface area contributed by atoms with E-state index in [-0.39, 0.29) is 6.10 Å². The van der Waals surface area contributed by atoms with Crippen LogP contribution in [0.15, 0.2) is 24.3 Å². The van der Waals surface area contributed by atoms with E-state index in [9.17, 15) is 5.11 Å². The topological polar surface area (TPSA) is 32.7 Å². The molecular weight excluding hydrogens is 226 g/mol. The highest BCUT2D eigenvalue weighted by atomic mass is 16.5. The first-order valence-electron chi connectivity index (χ1n) is 6.43. The lowest BCUT2D eigenvalue weighted by Gasteiger charge is -2.25. The van der Waals surface area contributed by atoms with Gasteiger partial charge in [0.2, 0.25) is 0 Å². The van der Waals surface area contributed by atoms with Crippen LogP contribution in [0.3, 0.4) is 0 Å². The van der Waals surface area contributed by atoms with Gasteiger partial charge < -0.3 is 9.84 Å². The summed E-state index contributed by atoms with van der Waals surface area (Å²) in [6.45, 7) is 9.16. The van der Waals surface area contributed by atoms with Crippen LogP contribution < -0.4 is 4.74 Å². The van der Waals surface area contributed by atoms with Crippen molar-refractivity contribution in [3.05, 3.63) is 29.8 Å². The monoisotopic (exact) mass is 251 g/mol. The van der Waals surface area contributed by atoms with Gasteiger partial charge in [-0.25, -0.2) is 0 Å². The van der Waals surface area contributed by atoms with Gasteiger partial charge in [-0.05, 0) is 52.4 Å². The van der Waals surface area contributed by atoms with Gasteiger partial charge in [0.25, 0.3) is 0 Å². The third-order valence-corrected chi connectivity index (χ3v) is 2.40. The average Bonchev–Trinajstić information content (AvgIpc) is 2.17. The molecule has 102 valence electrons. The van der Waals surface area contributed by atoms with Crippen LogP contribution in [0.1, 0.15) is 33.3 Å². The van der Waals surface area contributed by atoms with Gasteiger partial charge in [0.1, 0.15) is 5.75 Å². The Morgan fingerprint density at radius 1 is 1.22 bits per heavy atom. The fourth-order valence-corrected chi connectivity index (χ4v) is 1.97. The molecule has 0 atom stereocenters. The summed E-state index contributed by atoms with van der Waals surface area (Å²) < 4.78 is 5.60. The minimum Gasteiger partial charge on any atom is -0.491 e. The third-order valence-electron chi connectivity index (χ3n) is 2.40. The van der Waals surface area contributed by atoms with Crippen molar-refractivity contribution in [2.24, 2.45) is 0 Å². The minimum absolute atomic E-state index is 0.203. The highest BCUT2D eigenvalue weighted by Gasteiger charge is 2.15. The van der Waals surface area contributed by atoms with Gasteiger partial charge in [0.15, 0.2) is 0 Å². The van der Waals surface area contributed by atoms with Crippen molar-refractivity contribution in [1.82, 2.24) is 4.90 Å². The Labute approximate surface area is 110 Å². The second-order valence-electron chi connectivity index (χ2n) is 5.80. The molecule has 3 heteroatoms. The lowest BCUT2D eigenvalue weighted by molar-refractivity contribution is 0.0425. The molecule has 0 aliphatic rings. The van der Waals surface area contributed by atoms with Crippen molar-refractivity contribution in [2.75, 3.05) is 13.6 Å². The summed E-state index contributed by atoms with van der Waals surface area (Å²) in [7, 11) is 2.01. The molecule has 1 aromatic carbocycles. The molecular formula is C15H25NO2. The first kappa shape index (κ1) is 15.0. The van der Waals surface area contributed by atoms with E-state index in [1.54, 1.807) is 0 Å². The normalized spacial score (nSPS) is 12.2. The fraction of sp³-hybridized carbons (Fsp3) is 0.600. The highest BCUT2D eigenvalue weighted by molar-refractivity contribution is 5.27. The number of likely N-dealkylation sites (N-methyl/N-ethyl adjacent to an activating group) is 1. The van der Waals surface area contributed by atoms with E-state index in [0.717, 1.165) is 12.3 Å². The Morgan fingerprint density at radius 3 is 2.22 bits per heavy atom. The van der Waals surface area contributed by atoms with Gasteiger partial charge in [-0.1, -0.05) is 12.1 Å². The standard InChI is InChI=1S/C15H25NO2/c1-12(2)18-14-8-6-13(7-9-14)10-16(5)11-15(3,4)17/h6-9,12,17H,10-11H2,1-5H3. The molecule has 1 aromatic rings. The molecule has 0 heterocycles. The van der Waals surface area contributed by atoms with E-state index >= 15 is 0 Å². The molecule has 0 bridgehead atoms. The van der Waals surface area contributed by atoms with E-state index in [2.05, 4.69) is 17.0 Å². The molecule has 0 saturated heterocycles. The van der Waals surface area contributed by atoms with Crippen LogP contribution in [0.25, 0.3) is 0 Å². The van der Waals surface area contributed by atoms with Crippen LogP contribution in [0.5, 0.6) is 5.75 Å². The van der Waals surface area contributed by atoms with Crippen LogP contribution in [-0.4, -0.2) is 35.3 Å². The number of aliphatic hydroxyl groups is 1. The molecule has 0 saturated carbocycles. The number of hydrogen-bond donors (Lipinski definition) is 1. The zero-order chi connectivity index (χ0) is 13.8. The Kier molecular flexibility index (Phi) is 5.17. The fourth-order valence-electron chi connectivity index (χ4n) is 1.97. The van der Waals surface area contributed by atoms with Crippen LogP contribution in [0.2, 0.25) is 0 Å². The molecule has 18 heavy (non-hydrogen) atoms. The molecule has 1 N–H and O–H groups in total. The summed E-state index contributed by atoms with van der Waals surface area (Å²) in [5, 5.41) is 9.75. The van der Waals surface area contributed by atoms with E-state index in [1.165, 1.54) is 5.56 Å². The van der Waals surface area contributed by atoms with E-state index < -0.39 is 5.60 Å². The van der Waals surface area contributed by atoms with Crippen LogP contribution in [0.4, 0.5) is 0 Å². The molecule has 0 aliphatic carbocycles. The summed E-state index contributed by atoms with van der Waals surface area (Å²) in [4.78, 5) is 2.11. The maximum atomic E-state index is 9.75. The van der Waals surface area contributed by atoms with Gasteiger partial charge in [-0.3, -0.25) is 4.90 Å². The summed E-state index contributed by atoms with van der Waals surface area (Å²) in [5.74, 6) is 0.902. The molecule has 3 nitrogen and oxygen atoms in total. The molecule has 0 amide bonds. The largest absolute Gasteiger partial charge is 0.491 e. The first-order valence-corrected chi connectivity index (χ1v) is 6.43. The average molecular weight is 251 g/mol. The zero-order valence-electron chi connectivity index (χ0n) is 12.1. The first-order chi connectivity index (χ1) is 8.26. The number of benzene rings is 1. The molecule has 0 unspecified atom stereocenters. The van der Waals surface area contributed by atoms with Crippen molar-refractivity contribution in [1.29, 1.82) is 0 Å². The second kappa shape index (κ2) is 6.21. The SMILES string of the molecule is CC(C)Oc1ccc(CN(C)CC(C)(C)O)cc1.